The van der Waals surface area contributed by atoms with Gasteiger partial charge in [0.25, 0.3) is 0 Å². The lowest BCUT2D eigenvalue weighted by Gasteiger charge is -2.34. The molecule has 0 aromatic carbocycles. The fourth-order valence-electron chi connectivity index (χ4n) is 1.75. The first-order valence-electron chi connectivity index (χ1n) is 5.24. The summed E-state index contributed by atoms with van der Waals surface area (Å²) in [7, 11) is 0. The van der Waals surface area contributed by atoms with E-state index in [4.69, 9.17) is 4.74 Å². The number of amidine groups is 1. The van der Waals surface area contributed by atoms with Crippen molar-refractivity contribution in [3.63, 3.8) is 0 Å². The molecule has 2 aliphatic rings. The molecule has 2 heterocycles. The lowest BCUT2D eigenvalue weighted by molar-refractivity contribution is 0.0527. The van der Waals surface area contributed by atoms with Crippen LogP contribution in [-0.2, 0) is 4.74 Å². The zero-order valence-electron chi connectivity index (χ0n) is 8.88. The largest absolute Gasteiger partial charge is 0.381 e. The maximum atomic E-state index is 5.36. The molecular formula is C10H18N2OS. The summed E-state index contributed by atoms with van der Waals surface area (Å²) in [6.07, 6.45) is 2.17. The molecule has 0 radical (unpaired) electrons. The Kier molecular flexibility index (Phi) is 3.02. The van der Waals surface area contributed by atoms with Crippen molar-refractivity contribution >= 4 is 16.9 Å². The number of ether oxygens (including phenoxy) is 1. The molecule has 0 aromatic rings. The molecule has 0 saturated carbocycles. The van der Waals surface area contributed by atoms with Crippen LogP contribution >= 0.6 is 11.8 Å². The molecule has 1 unspecified atom stereocenters. The van der Waals surface area contributed by atoms with E-state index in [0.717, 1.165) is 37.0 Å². The Hall–Kier alpha value is -0.220. The van der Waals surface area contributed by atoms with Gasteiger partial charge in [-0.1, -0.05) is 11.8 Å². The van der Waals surface area contributed by atoms with E-state index in [2.05, 4.69) is 24.2 Å². The topological polar surface area (TPSA) is 33.6 Å². The molecule has 1 saturated heterocycles. The van der Waals surface area contributed by atoms with E-state index in [1.807, 2.05) is 11.8 Å². The Morgan fingerprint density at radius 1 is 1.50 bits per heavy atom. The molecule has 2 aliphatic heterocycles. The summed E-state index contributed by atoms with van der Waals surface area (Å²) >= 11 is 1.84. The highest BCUT2D eigenvalue weighted by atomic mass is 32.2. The summed E-state index contributed by atoms with van der Waals surface area (Å²) < 4.78 is 5.36. The lowest BCUT2D eigenvalue weighted by Crippen LogP contribution is -2.48. The molecule has 1 fully saturated rings. The molecule has 3 nitrogen and oxygen atoms in total. The second-order valence-corrected chi connectivity index (χ2v) is 5.40. The second-order valence-electron chi connectivity index (χ2n) is 4.39. The highest BCUT2D eigenvalue weighted by molar-refractivity contribution is 8.14. The average Bonchev–Trinajstić information content (AvgIpc) is 2.51. The molecule has 0 bridgehead atoms. The number of rotatable bonds is 1. The molecule has 0 aromatic heterocycles. The van der Waals surface area contributed by atoms with Gasteiger partial charge in [0, 0.05) is 24.5 Å². The highest BCUT2D eigenvalue weighted by Gasteiger charge is 2.29. The molecule has 0 aliphatic carbocycles. The van der Waals surface area contributed by atoms with Crippen LogP contribution in [0, 0.1) is 0 Å². The molecule has 4 heteroatoms. The summed E-state index contributed by atoms with van der Waals surface area (Å²) in [4.78, 5) is 4.56. The third kappa shape index (κ3) is 2.42. The molecular weight excluding hydrogens is 196 g/mol. The third-order valence-corrected chi connectivity index (χ3v) is 3.93. The Balaban J connectivity index is 1.92. The van der Waals surface area contributed by atoms with Crippen LogP contribution in [0.3, 0.4) is 0 Å². The predicted octanol–water partition coefficient (Wildman–Crippen LogP) is 1.64. The van der Waals surface area contributed by atoms with Gasteiger partial charge in [0.15, 0.2) is 5.17 Å². The number of hydrogen-bond donors (Lipinski definition) is 1. The van der Waals surface area contributed by atoms with Gasteiger partial charge >= 0.3 is 0 Å². The molecule has 1 N–H and O–H groups in total. The van der Waals surface area contributed by atoms with Crippen molar-refractivity contribution in [2.45, 2.75) is 38.3 Å². The van der Waals surface area contributed by atoms with E-state index in [1.165, 1.54) is 0 Å². The summed E-state index contributed by atoms with van der Waals surface area (Å²) in [5.41, 5.74) is 0.203. The van der Waals surface area contributed by atoms with Crippen LogP contribution in [0.25, 0.3) is 0 Å². The summed E-state index contributed by atoms with van der Waals surface area (Å²) in [6, 6.07) is 0.478. The van der Waals surface area contributed by atoms with Crippen molar-refractivity contribution in [1.29, 1.82) is 0 Å². The van der Waals surface area contributed by atoms with Crippen LogP contribution in [0.4, 0.5) is 0 Å². The van der Waals surface area contributed by atoms with Gasteiger partial charge in [-0.25, -0.2) is 0 Å². The fraction of sp³-hybridized carbons (Fsp3) is 0.900. The van der Waals surface area contributed by atoms with Gasteiger partial charge in [0.2, 0.25) is 0 Å². The maximum Gasteiger partial charge on any atom is 0.157 e. The minimum Gasteiger partial charge on any atom is -0.381 e. The normalized spacial score (nSPS) is 31.3. The number of hydrogen-bond acceptors (Lipinski definition) is 4. The Bertz CT molecular complexity index is 236. The SMILES string of the molecule is CC1CSC(NC2(C)CCOCC2)=N1. The monoisotopic (exact) mass is 214 g/mol. The minimum atomic E-state index is 0.203. The second kappa shape index (κ2) is 4.11. The van der Waals surface area contributed by atoms with E-state index >= 15 is 0 Å². The van der Waals surface area contributed by atoms with Crippen molar-refractivity contribution in [2.75, 3.05) is 19.0 Å². The van der Waals surface area contributed by atoms with E-state index in [1.54, 1.807) is 0 Å². The third-order valence-electron chi connectivity index (χ3n) is 2.80. The molecule has 14 heavy (non-hydrogen) atoms. The van der Waals surface area contributed by atoms with Gasteiger partial charge < -0.3 is 10.1 Å². The first-order valence-corrected chi connectivity index (χ1v) is 6.23. The van der Waals surface area contributed by atoms with Crippen molar-refractivity contribution in [2.24, 2.45) is 4.99 Å². The first kappa shape index (κ1) is 10.3. The van der Waals surface area contributed by atoms with E-state index in [9.17, 15) is 0 Å². The van der Waals surface area contributed by atoms with Crippen molar-refractivity contribution < 1.29 is 4.74 Å². The maximum absolute atomic E-state index is 5.36. The van der Waals surface area contributed by atoms with Crippen LogP contribution in [0.2, 0.25) is 0 Å². The number of aliphatic imine (C=N–C) groups is 1. The fourth-order valence-corrected chi connectivity index (χ4v) is 2.79. The average molecular weight is 214 g/mol. The van der Waals surface area contributed by atoms with Gasteiger partial charge in [-0.05, 0) is 26.7 Å². The van der Waals surface area contributed by atoms with E-state index < -0.39 is 0 Å². The van der Waals surface area contributed by atoms with Crippen LogP contribution < -0.4 is 5.32 Å². The van der Waals surface area contributed by atoms with Gasteiger partial charge in [0.1, 0.15) is 0 Å². The van der Waals surface area contributed by atoms with Crippen LogP contribution in [0.5, 0.6) is 0 Å². The Morgan fingerprint density at radius 3 is 2.79 bits per heavy atom. The molecule has 80 valence electrons. The molecule has 0 spiro atoms. The van der Waals surface area contributed by atoms with Crippen LogP contribution in [0.1, 0.15) is 26.7 Å². The number of thioether (sulfide) groups is 1. The summed E-state index contributed by atoms with van der Waals surface area (Å²) in [5.74, 6) is 1.12. The van der Waals surface area contributed by atoms with E-state index in [-0.39, 0.29) is 5.54 Å². The predicted molar refractivity (Wildman–Crippen MR) is 60.9 cm³/mol. The van der Waals surface area contributed by atoms with Crippen molar-refractivity contribution in [1.82, 2.24) is 5.32 Å². The standard InChI is InChI=1S/C10H18N2OS/c1-8-7-14-9(11-8)12-10(2)3-5-13-6-4-10/h8H,3-7H2,1-2H3,(H,11,12). The van der Waals surface area contributed by atoms with Crippen molar-refractivity contribution in [3.8, 4) is 0 Å². The zero-order valence-corrected chi connectivity index (χ0v) is 9.69. The lowest BCUT2D eigenvalue weighted by atomic mass is 9.93. The summed E-state index contributed by atoms with van der Waals surface area (Å²) in [6.45, 7) is 6.17. The Labute approximate surface area is 89.7 Å². The van der Waals surface area contributed by atoms with Crippen LogP contribution in [-0.4, -0.2) is 35.7 Å². The minimum absolute atomic E-state index is 0.203. The summed E-state index contributed by atoms with van der Waals surface area (Å²) in [5, 5.41) is 4.68. The quantitative estimate of drug-likeness (QED) is 0.720. The smallest absolute Gasteiger partial charge is 0.157 e. The molecule has 0 amide bonds. The number of nitrogens with zero attached hydrogens (tertiary/aromatic N) is 1. The van der Waals surface area contributed by atoms with Gasteiger partial charge in [-0.3, -0.25) is 4.99 Å². The highest BCUT2D eigenvalue weighted by Crippen LogP contribution is 2.24. The molecule has 1 atom stereocenters. The van der Waals surface area contributed by atoms with Crippen LogP contribution in [0.15, 0.2) is 4.99 Å². The Morgan fingerprint density at radius 2 is 2.21 bits per heavy atom. The van der Waals surface area contributed by atoms with Gasteiger partial charge in [-0.2, -0.15) is 0 Å². The zero-order chi connectivity index (χ0) is 10.0. The molecule has 2 rings (SSSR count). The van der Waals surface area contributed by atoms with Gasteiger partial charge in [0.05, 0.1) is 6.04 Å². The van der Waals surface area contributed by atoms with E-state index in [0.29, 0.717) is 6.04 Å². The number of nitrogens with one attached hydrogen (secondary N) is 1. The first-order chi connectivity index (χ1) is 6.68. The van der Waals surface area contributed by atoms with Gasteiger partial charge in [-0.15, -0.1) is 0 Å². The van der Waals surface area contributed by atoms with Crippen molar-refractivity contribution in [3.05, 3.63) is 0 Å².